The number of benzene rings is 2. The van der Waals surface area contributed by atoms with Crippen molar-refractivity contribution < 1.29 is 0 Å². The van der Waals surface area contributed by atoms with Crippen molar-refractivity contribution in [3.63, 3.8) is 0 Å². The molecule has 2 aromatic carbocycles. The normalized spacial score (nSPS) is 12.3. The molecule has 4 rings (SSSR count). The van der Waals surface area contributed by atoms with Crippen LogP contribution in [0.15, 0.2) is 48.7 Å². The number of nitrogens with zero attached hydrogens (tertiary/aromatic N) is 5. The summed E-state index contributed by atoms with van der Waals surface area (Å²) >= 11 is 0. The molecule has 0 unspecified atom stereocenters. The number of fused-ring (bicyclic) bond motifs is 1. The summed E-state index contributed by atoms with van der Waals surface area (Å²) < 4.78 is 1.90. The predicted molar refractivity (Wildman–Crippen MR) is 107 cm³/mol. The van der Waals surface area contributed by atoms with Crippen LogP contribution >= 0.6 is 0 Å². The molecule has 0 bridgehead atoms. The highest BCUT2D eigenvalue weighted by molar-refractivity contribution is 5.95. The maximum atomic E-state index is 4.71. The van der Waals surface area contributed by atoms with Crippen LogP contribution in [0.2, 0.25) is 0 Å². The fraction of sp³-hybridized carbons (Fsp3) is 0.238. The molecule has 0 saturated heterocycles. The summed E-state index contributed by atoms with van der Waals surface area (Å²) in [5.74, 6) is 0.510. The third-order valence-corrected chi connectivity index (χ3v) is 4.97. The molecule has 2 heterocycles. The van der Waals surface area contributed by atoms with Crippen LogP contribution < -0.4 is 5.32 Å². The van der Waals surface area contributed by atoms with Gasteiger partial charge in [0.25, 0.3) is 0 Å². The summed E-state index contributed by atoms with van der Waals surface area (Å²) in [6.45, 7) is 6.18. The Labute approximate surface area is 158 Å². The number of aryl methyl sites for hydroxylation is 2. The Kier molecular flexibility index (Phi) is 4.32. The third-order valence-electron chi connectivity index (χ3n) is 4.97. The van der Waals surface area contributed by atoms with Crippen molar-refractivity contribution in [2.45, 2.75) is 26.8 Å². The number of hydrogen-bond acceptors (Lipinski definition) is 5. The smallest absolute Gasteiger partial charge is 0.243 e. The van der Waals surface area contributed by atoms with Gasteiger partial charge < -0.3 is 5.32 Å². The van der Waals surface area contributed by atoms with Gasteiger partial charge in [0, 0.05) is 23.9 Å². The van der Waals surface area contributed by atoms with Crippen LogP contribution in [0, 0.1) is 13.8 Å². The van der Waals surface area contributed by atoms with Gasteiger partial charge in [-0.3, -0.25) is 4.68 Å². The Hall–Kier alpha value is -3.28. The van der Waals surface area contributed by atoms with Gasteiger partial charge >= 0.3 is 0 Å². The summed E-state index contributed by atoms with van der Waals surface area (Å²) in [5.41, 5.74) is 5.15. The van der Waals surface area contributed by atoms with E-state index in [0.717, 1.165) is 33.6 Å². The zero-order chi connectivity index (χ0) is 19.0. The molecule has 0 aliphatic heterocycles. The Bertz CT molecular complexity index is 1110. The first-order chi connectivity index (χ1) is 13.0. The van der Waals surface area contributed by atoms with E-state index in [4.69, 9.17) is 4.98 Å². The van der Waals surface area contributed by atoms with Gasteiger partial charge in [-0.25, -0.2) is 4.98 Å². The molecular weight excluding hydrogens is 336 g/mol. The van der Waals surface area contributed by atoms with E-state index in [1.54, 1.807) is 6.20 Å². The van der Waals surface area contributed by atoms with Crippen molar-refractivity contribution in [2.75, 3.05) is 5.32 Å². The lowest BCUT2D eigenvalue weighted by Crippen LogP contribution is -2.12. The minimum absolute atomic E-state index is 0.0308. The van der Waals surface area contributed by atoms with Gasteiger partial charge in [0.15, 0.2) is 0 Å². The molecule has 0 aliphatic rings. The zero-order valence-electron chi connectivity index (χ0n) is 15.9. The summed E-state index contributed by atoms with van der Waals surface area (Å²) in [6, 6.07) is 14.5. The quantitative estimate of drug-likeness (QED) is 0.592. The lowest BCUT2D eigenvalue weighted by Gasteiger charge is -2.15. The van der Waals surface area contributed by atoms with Gasteiger partial charge in [0.2, 0.25) is 5.95 Å². The SMILES string of the molecule is Cc1nn(C)c(C)c1[C@H](C)Nc1nncc(-c2cccc3ccccc23)n1. The third kappa shape index (κ3) is 3.14. The Morgan fingerprint density at radius 3 is 2.59 bits per heavy atom. The first-order valence-electron chi connectivity index (χ1n) is 8.99. The maximum Gasteiger partial charge on any atom is 0.243 e. The molecule has 0 radical (unpaired) electrons. The van der Waals surface area contributed by atoms with Gasteiger partial charge in [-0.05, 0) is 31.5 Å². The molecule has 6 heteroatoms. The highest BCUT2D eigenvalue weighted by Crippen LogP contribution is 2.28. The number of nitrogens with one attached hydrogen (secondary N) is 1. The lowest BCUT2D eigenvalue weighted by atomic mass is 10.0. The number of rotatable bonds is 4. The van der Waals surface area contributed by atoms with E-state index < -0.39 is 0 Å². The van der Waals surface area contributed by atoms with Crippen molar-refractivity contribution in [3.8, 4) is 11.3 Å². The van der Waals surface area contributed by atoms with Gasteiger partial charge in [0.1, 0.15) is 0 Å². The Balaban J connectivity index is 1.69. The molecule has 0 amide bonds. The second kappa shape index (κ2) is 6.79. The van der Waals surface area contributed by atoms with Crippen LogP contribution in [0.4, 0.5) is 5.95 Å². The fourth-order valence-corrected chi connectivity index (χ4v) is 3.63. The molecule has 1 atom stereocenters. The molecule has 1 N–H and O–H groups in total. The summed E-state index contributed by atoms with van der Waals surface area (Å²) in [6.07, 6.45) is 1.71. The van der Waals surface area contributed by atoms with Gasteiger partial charge in [-0.1, -0.05) is 42.5 Å². The first-order valence-corrected chi connectivity index (χ1v) is 8.99. The van der Waals surface area contributed by atoms with E-state index in [2.05, 4.69) is 58.7 Å². The van der Waals surface area contributed by atoms with Crippen LogP contribution in [0.5, 0.6) is 0 Å². The van der Waals surface area contributed by atoms with E-state index >= 15 is 0 Å². The minimum Gasteiger partial charge on any atom is -0.346 e. The van der Waals surface area contributed by atoms with Crippen LogP contribution in [0.3, 0.4) is 0 Å². The van der Waals surface area contributed by atoms with Gasteiger partial charge in [-0.2, -0.15) is 10.2 Å². The van der Waals surface area contributed by atoms with E-state index in [-0.39, 0.29) is 6.04 Å². The van der Waals surface area contributed by atoms with Gasteiger partial charge in [0.05, 0.1) is 23.6 Å². The largest absolute Gasteiger partial charge is 0.346 e. The molecule has 0 aliphatic carbocycles. The average molecular weight is 358 g/mol. The Morgan fingerprint density at radius 1 is 1.04 bits per heavy atom. The van der Waals surface area contributed by atoms with Crippen molar-refractivity contribution >= 4 is 16.7 Å². The topological polar surface area (TPSA) is 68.5 Å². The monoisotopic (exact) mass is 358 g/mol. The molecule has 4 aromatic rings. The van der Waals surface area contributed by atoms with Crippen molar-refractivity contribution in [1.82, 2.24) is 25.0 Å². The highest BCUT2D eigenvalue weighted by Gasteiger charge is 2.17. The van der Waals surface area contributed by atoms with Crippen molar-refractivity contribution in [2.24, 2.45) is 7.05 Å². The molecule has 27 heavy (non-hydrogen) atoms. The second-order valence-electron chi connectivity index (χ2n) is 6.77. The Morgan fingerprint density at radius 2 is 1.81 bits per heavy atom. The molecule has 0 saturated carbocycles. The zero-order valence-corrected chi connectivity index (χ0v) is 15.9. The van der Waals surface area contributed by atoms with E-state index in [0.29, 0.717) is 5.95 Å². The van der Waals surface area contributed by atoms with E-state index in [9.17, 15) is 0 Å². The summed E-state index contributed by atoms with van der Waals surface area (Å²) in [5, 5.41) is 18.5. The average Bonchev–Trinajstić information content (AvgIpc) is 2.93. The maximum absolute atomic E-state index is 4.71. The number of anilines is 1. The molecular formula is C21H22N6. The first kappa shape index (κ1) is 17.1. The minimum atomic E-state index is 0.0308. The van der Waals surface area contributed by atoms with Crippen LogP contribution in [-0.4, -0.2) is 25.0 Å². The standard InChI is InChI=1S/C21H22N6/c1-13(20-14(2)26-27(4)15(20)3)23-21-24-19(12-22-25-21)18-11-7-9-16-8-5-6-10-17(16)18/h5-13H,1-4H3,(H,23,24,25)/t13-/m0/s1. The summed E-state index contributed by atoms with van der Waals surface area (Å²) in [4.78, 5) is 4.71. The van der Waals surface area contributed by atoms with E-state index in [1.807, 2.05) is 36.9 Å². The number of aromatic nitrogens is 5. The molecule has 6 nitrogen and oxygen atoms in total. The molecule has 2 aromatic heterocycles. The molecule has 0 spiro atoms. The summed E-state index contributed by atoms with van der Waals surface area (Å²) in [7, 11) is 1.96. The van der Waals surface area contributed by atoms with Crippen LogP contribution in [0.25, 0.3) is 22.0 Å². The van der Waals surface area contributed by atoms with E-state index in [1.165, 1.54) is 5.39 Å². The molecule has 136 valence electrons. The highest BCUT2D eigenvalue weighted by atomic mass is 15.3. The van der Waals surface area contributed by atoms with Crippen molar-refractivity contribution in [1.29, 1.82) is 0 Å². The van der Waals surface area contributed by atoms with Crippen molar-refractivity contribution in [3.05, 3.63) is 65.6 Å². The van der Waals surface area contributed by atoms with Crippen LogP contribution in [0.1, 0.15) is 29.9 Å². The predicted octanol–water partition coefficient (Wildman–Crippen LogP) is 4.22. The van der Waals surface area contributed by atoms with Gasteiger partial charge in [-0.15, -0.1) is 5.10 Å². The molecule has 0 fully saturated rings. The second-order valence-corrected chi connectivity index (χ2v) is 6.77. The number of hydrogen-bond donors (Lipinski definition) is 1. The van der Waals surface area contributed by atoms with Crippen LogP contribution in [-0.2, 0) is 7.05 Å². The lowest BCUT2D eigenvalue weighted by molar-refractivity contribution is 0.728. The fourth-order valence-electron chi connectivity index (χ4n) is 3.63.